The number of thiazole rings is 1. The number of hydrogen-bond donors (Lipinski definition) is 0. The summed E-state index contributed by atoms with van der Waals surface area (Å²) in [4.78, 5) is 16.2. The number of nitrogens with zero attached hydrogens (tertiary/aromatic N) is 1. The molecule has 0 fully saturated rings. The number of hydrogen-bond acceptors (Lipinski definition) is 4. The zero-order chi connectivity index (χ0) is 13.3. The standard InChI is InChI=1S/C12H9ClFNO2S/c1-6-10(12(16)17-2)15-11(18-6)8-4-3-7(13)5-9(8)14/h3-5H,1-2H3. The van der Waals surface area contributed by atoms with Crippen molar-refractivity contribution in [2.24, 2.45) is 0 Å². The first-order valence-corrected chi connectivity index (χ1v) is 6.23. The van der Waals surface area contributed by atoms with Gasteiger partial charge in [-0.3, -0.25) is 0 Å². The first-order chi connectivity index (χ1) is 8.52. The van der Waals surface area contributed by atoms with Crippen LogP contribution < -0.4 is 0 Å². The molecule has 0 bridgehead atoms. The molecular formula is C12H9ClFNO2S. The van der Waals surface area contributed by atoms with Gasteiger partial charge in [-0.15, -0.1) is 11.3 Å². The molecule has 0 radical (unpaired) electrons. The lowest BCUT2D eigenvalue weighted by Gasteiger charge is -1.99. The van der Waals surface area contributed by atoms with Gasteiger partial charge in [0.2, 0.25) is 0 Å². The van der Waals surface area contributed by atoms with Crippen molar-refractivity contribution < 1.29 is 13.9 Å². The van der Waals surface area contributed by atoms with E-state index in [2.05, 4.69) is 9.72 Å². The minimum Gasteiger partial charge on any atom is -0.464 e. The molecular weight excluding hydrogens is 277 g/mol. The van der Waals surface area contributed by atoms with E-state index < -0.39 is 11.8 Å². The van der Waals surface area contributed by atoms with Crippen molar-refractivity contribution in [3.63, 3.8) is 0 Å². The van der Waals surface area contributed by atoms with Crippen LogP contribution in [0.15, 0.2) is 18.2 Å². The van der Waals surface area contributed by atoms with Crippen LogP contribution in [-0.4, -0.2) is 18.1 Å². The maximum absolute atomic E-state index is 13.7. The number of esters is 1. The lowest BCUT2D eigenvalue weighted by molar-refractivity contribution is 0.0594. The van der Waals surface area contributed by atoms with E-state index in [0.717, 1.165) is 0 Å². The largest absolute Gasteiger partial charge is 0.464 e. The van der Waals surface area contributed by atoms with Crippen LogP contribution in [0.1, 0.15) is 15.4 Å². The average molecular weight is 286 g/mol. The van der Waals surface area contributed by atoms with Crippen LogP contribution in [-0.2, 0) is 4.74 Å². The van der Waals surface area contributed by atoms with Crippen LogP contribution >= 0.6 is 22.9 Å². The number of methoxy groups -OCH3 is 1. The van der Waals surface area contributed by atoms with Crippen molar-refractivity contribution in [3.8, 4) is 10.6 Å². The summed E-state index contributed by atoms with van der Waals surface area (Å²) in [5.74, 6) is -0.989. The molecule has 18 heavy (non-hydrogen) atoms. The zero-order valence-electron chi connectivity index (χ0n) is 9.66. The molecule has 0 saturated heterocycles. The van der Waals surface area contributed by atoms with Crippen LogP contribution in [0.3, 0.4) is 0 Å². The number of carbonyl (C=O) groups excluding carboxylic acids is 1. The highest BCUT2D eigenvalue weighted by Crippen LogP contribution is 2.31. The van der Waals surface area contributed by atoms with Crippen molar-refractivity contribution in [1.82, 2.24) is 4.98 Å². The fourth-order valence-corrected chi connectivity index (χ4v) is 2.55. The molecule has 6 heteroatoms. The van der Waals surface area contributed by atoms with Gasteiger partial charge in [-0.1, -0.05) is 11.6 Å². The summed E-state index contributed by atoms with van der Waals surface area (Å²) >= 11 is 6.92. The third kappa shape index (κ3) is 2.37. The van der Waals surface area contributed by atoms with E-state index >= 15 is 0 Å². The van der Waals surface area contributed by atoms with Gasteiger partial charge in [0.05, 0.1) is 7.11 Å². The van der Waals surface area contributed by atoms with Crippen molar-refractivity contribution in [1.29, 1.82) is 0 Å². The van der Waals surface area contributed by atoms with Crippen LogP contribution in [0.4, 0.5) is 4.39 Å². The summed E-state index contributed by atoms with van der Waals surface area (Å²) in [6.07, 6.45) is 0. The topological polar surface area (TPSA) is 39.2 Å². The minimum absolute atomic E-state index is 0.215. The maximum Gasteiger partial charge on any atom is 0.357 e. The van der Waals surface area contributed by atoms with E-state index in [1.165, 1.54) is 30.6 Å². The second-order valence-electron chi connectivity index (χ2n) is 3.54. The summed E-state index contributed by atoms with van der Waals surface area (Å²) in [5.41, 5.74) is 0.537. The first kappa shape index (κ1) is 13.0. The van der Waals surface area contributed by atoms with E-state index in [-0.39, 0.29) is 5.69 Å². The van der Waals surface area contributed by atoms with E-state index in [1.807, 2.05) is 0 Å². The normalized spacial score (nSPS) is 10.4. The highest BCUT2D eigenvalue weighted by Gasteiger charge is 2.18. The van der Waals surface area contributed by atoms with Crippen LogP contribution in [0.2, 0.25) is 5.02 Å². The first-order valence-electron chi connectivity index (χ1n) is 5.04. The second-order valence-corrected chi connectivity index (χ2v) is 5.18. The van der Waals surface area contributed by atoms with Crippen LogP contribution in [0.5, 0.6) is 0 Å². The molecule has 0 aliphatic heterocycles. The van der Waals surface area contributed by atoms with Crippen molar-refractivity contribution in [2.75, 3.05) is 7.11 Å². The third-order valence-electron chi connectivity index (χ3n) is 2.34. The third-order valence-corrected chi connectivity index (χ3v) is 3.58. The van der Waals surface area contributed by atoms with Gasteiger partial charge in [0.25, 0.3) is 0 Å². The number of aryl methyl sites for hydroxylation is 1. The van der Waals surface area contributed by atoms with Crippen molar-refractivity contribution in [2.45, 2.75) is 6.92 Å². The van der Waals surface area contributed by atoms with E-state index in [1.54, 1.807) is 13.0 Å². The number of rotatable bonds is 2. The zero-order valence-corrected chi connectivity index (χ0v) is 11.2. The molecule has 0 saturated carbocycles. The molecule has 0 N–H and O–H groups in total. The number of carbonyl (C=O) groups is 1. The Labute approximate surface area is 112 Å². The van der Waals surface area contributed by atoms with Gasteiger partial charge in [-0.2, -0.15) is 0 Å². The van der Waals surface area contributed by atoms with Crippen LogP contribution in [0.25, 0.3) is 10.6 Å². The average Bonchev–Trinajstić information content (AvgIpc) is 2.70. The Bertz CT molecular complexity index is 612. The predicted molar refractivity (Wildman–Crippen MR) is 68.6 cm³/mol. The van der Waals surface area contributed by atoms with Crippen LogP contribution in [0, 0.1) is 12.7 Å². The number of ether oxygens (including phenoxy) is 1. The van der Waals surface area contributed by atoms with Gasteiger partial charge in [-0.25, -0.2) is 14.2 Å². The van der Waals surface area contributed by atoms with E-state index in [4.69, 9.17) is 11.6 Å². The van der Waals surface area contributed by atoms with Gasteiger partial charge in [0.15, 0.2) is 5.69 Å². The number of halogens is 2. The molecule has 94 valence electrons. The summed E-state index contributed by atoms with van der Waals surface area (Å²) in [6, 6.07) is 4.33. The molecule has 2 rings (SSSR count). The molecule has 2 aromatic rings. The molecule has 0 unspecified atom stereocenters. The molecule has 1 aromatic heterocycles. The Morgan fingerprint density at radius 2 is 2.22 bits per heavy atom. The smallest absolute Gasteiger partial charge is 0.357 e. The van der Waals surface area contributed by atoms with E-state index in [0.29, 0.717) is 20.5 Å². The molecule has 0 aliphatic rings. The van der Waals surface area contributed by atoms with Gasteiger partial charge in [0, 0.05) is 15.5 Å². The molecule has 0 aliphatic carbocycles. The Hall–Kier alpha value is -1.46. The number of benzene rings is 1. The Kier molecular flexibility index (Phi) is 3.63. The second kappa shape index (κ2) is 5.04. The van der Waals surface area contributed by atoms with Gasteiger partial charge in [0.1, 0.15) is 10.8 Å². The minimum atomic E-state index is -0.524. The summed E-state index contributed by atoms with van der Waals surface area (Å²) in [5, 5.41) is 0.750. The molecule has 3 nitrogen and oxygen atoms in total. The summed E-state index contributed by atoms with van der Waals surface area (Å²) in [7, 11) is 1.28. The summed E-state index contributed by atoms with van der Waals surface area (Å²) in [6.45, 7) is 1.74. The monoisotopic (exact) mass is 285 g/mol. The Balaban J connectivity index is 2.49. The Morgan fingerprint density at radius 3 is 2.83 bits per heavy atom. The molecule has 0 atom stereocenters. The van der Waals surface area contributed by atoms with E-state index in [9.17, 15) is 9.18 Å². The van der Waals surface area contributed by atoms with Crippen molar-refractivity contribution in [3.05, 3.63) is 39.6 Å². The van der Waals surface area contributed by atoms with Crippen molar-refractivity contribution >= 4 is 28.9 Å². The lowest BCUT2D eigenvalue weighted by Crippen LogP contribution is -2.03. The maximum atomic E-state index is 13.7. The summed E-state index contributed by atoms with van der Waals surface area (Å²) < 4.78 is 18.3. The highest BCUT2D eigenvalue weighted by atomic mass is 35.5. The van der Waals surface area contributed by atoms with Gasteiger partial charge in [-0.05, 0) is 25.1 Å². The quantitative estimate of drug-likeness (QED) is 0.790. The lowest BCUT2D eigenvalue weighted by atomic mass is 10.2. The molecule has 0 spiro atoms. The fraction of sp³-hybridized carbons (Fsp3) is 0.167. The fourth-order valence-electron chi connectivity index (χ4n) is 1.46. The predicted octanol–water partition coefficient (Wildman–Crippen LogP) is 3.70. The van der Waals surface area contributed by atoms with Gasteiger partial charge < -0.3 is 4.74 Å². The molecule has 0 amide bonds. The molecule has 1 aromatic carbocycles. The molecule has 1 heterocycles. The highest BCUT2D eigenvalue weighted by molar-refractivity contribution is 7.15. The number of aromatic nitrogens is 1. The van der Waals surface area contributed by atoms with Gasteiger partial charge >= 0.3 is 5.97 Å². The Morgan fingerprint density at radius 1 is 1.50 bits per heavy atom. The SMILES string of the molecule is COC(=O)c1nc(-c2ccc(Cl)cc2F)sc1C.